The molecule has 0 radical (unpaired) electrons. The molecule has 0 bridgehead atoms. The van der Waals surface area contributed by atoms with Crippen molar-refractivity contribution >= 4 is 5.97 Å². The molecule has 0 aliphatic carbocycles. The quantitative estimate of drug-likeness (QED) is 0.420. The standard InChI is InChI=1S/C24H19FN2O2/c1-17(18-12-14-20(25)15-13-18)29-24(28)22-16-27(21-10-6-3-7-11-21)26-23(22)19-8-4-2-5-9-19/h2-17H,1H3/t17-/m1/s1. The molecule has 0 amide bonds. The summed E-state index contributed by atoms with van der Waals surface area (Å²) in [6, 6.07) is 25.0. The Morgan fingerprint density at radius 3 is 2.21 bits per heavy atom. The first kappa shape index (κ1) is 18.6. The molecule has 0 unspecified atom stereocenters. The van der Waals surface area contributed by atoms with Gasteiger partial charge >= 0.3 is 5.97 Å². The van der Waals surface area contributed by atoms with Gasteiger partial charge in [0.15, 0.2) is 0 Å². The average molecular weight is 386 g/mol. The summed E-state index contributed by atoms with van der Waals surface area (Å²) in [7, 11) is 0. The number of aromatic nitrogens is 2. The fraction of sp³-hybridized carbons (Fsp3) is 0.0833. The van der Waals surface area contributed by atoms with Gasteiger partial charge in [-0.15, -0.1) is 0 Å². The van der Waals surface area contributed by atoms with Crippen LogP contribution >= 0.6 is 0 Å². The van der Waals surface area contributed by atoms with Gasteiger partial charge in [0, 0.05) is 11.8 Å². The fourth-order valence-corrected chi connectivity index (χ4v) is 3.07. The number of ether oxygens (including phenoxy) is 1. The normalized spacial score (nSPS) is 11.8. The van der Waals surface area contributed by atoms with Crippen LogP contribution in [0.25, 0.3) is 16.9 Å². The van der Waals surface area contributed by atoms with Gasteiger partial charge in [0.1, 0.15) is 23.2 Å². The van der Waals surface area contributed by atoms with Gasteiger partial charge in [-0.05, 0) is 36.8 Å². The summed E-state index contributed by atoms with van der Waals surface area (Å²) in [5, 5.41) is 4.63. The molecule has 4 aromatic rings. The Labute approximate surface area is 168 Å². The molecule has 144 valence electrons. The highest BCUT2D eigenvalue weighted by Crippen LogP contribution is 2.26. The van der Waals surface area contributed by atoms with Crippen molar-refractivity contribution in [3.8, 4) is 16.9 Å². The Kier molecular flexibility index (Phi) is 5.20. The first-order valence-corrected chi connectivity index (χ1v) is 9.29. The Hall–Kier alpha value is -3.73. The zero-order valence-electron chi connectivity index (χ0n) is 15.8. The number of carbonyl (C=O) groups is 1. The summed E-state index contributed by atoms with van der Waals surface area (Å²) >= 11 is 0. The largest absolute Gasteiger partial charge is 0.454 e. The second-order valence-electron chi connectivity index (χ2n) is 6.64. The maximum absolute atomic E-state index is 13.2. The lowest BCUT2D eigenvalue weighted by Gasteiger charge is -2.13. The number of hydrogen-bond donors (Lipinski definition) is 0. The van der Waals surface area contributed by atoms with Gasteiger partial charge < -0.3 is 4.74 Å². The number of rotatable bonds is 5. The second-order valence-corrected chi connectivity index (χ2v) is 6.64. The number of halogens is 1. The third kappa shape index (κ3) is 4.09. The molecule has 0 aliphatic heterocycles. The number of hydrogen-bond acceptors (Lipinski definition) is 3. The van der Waals surface area contributed by atoms with Gasteiger partial charge in [0.05, 0.1) is 5.69 Å². The van der Waals surface area contributed by atoms with Crippen LogP contribution in [0, 0.1) is 5.82 Å². The predicted octanol–water partition coefficient (Wildman–Crippen LogP) is 5.60. The average Bonchev–Trinajstić information content (AvgIpc) is 3.21. The number of nitrogens with zero attached hydrogens (tertiary/aromatic N) is 2. The van der Waals surface area contributed by atoms with Gasteiger partial charge in [-0.1, -0.05) is 60.7 Å². The zero-order valence-corrected chi connectivity index (χ0v) is 15.8. The highest BCUT2D eigenvalue weighted by molar-refractivity contribution is 5.96. The summed E-state index contributed by atoms with van der Waals surface area (Å²) in [5.41, 5.74) is 3.30. The van der Waals surface area contributed by atoms with Crippen LogP contribution in [0.15, 0.2) is 91.1 Å². The van der Waals surface area contributed by atoms with E-state index in [9.17, 15) is 9.18 Å². The molecule has 29 heavy (non-hydrogen) atoms. The highest BCUT2D eigenvalue weighted by Gasteiger charge is 2.22. The Bertz CT molecular complexity index is 1110. The van der Waals surface area contributed by atoms with Crippen LogP contribution in [0.2, 0.25) is 0 Å². The molecule has 0 spiro atoms. The van der Waals surface area contributed by atoms with Crippen molar-refractivity contribution < 1.29 is 13.9 Å². The maximum atomic E-state index is 13.2. The maximum Gasteiger partial charge on any atom is 0.342 e. The molecule has 4 nitrogen and oxygen atoms in total. The van der Waals surface area contributed by atoms with E-state index in [-0.39, 0.29) is 5.82 Å². The molecule has 0 aliphatic rings. The van der Waals surface area contributed by atoms with E-state index in [0.717, 1.165) is 16.8 Å². The number of benzene rings is 3. The summed E-state index contributed by atoms with van der Waals surface area (Å²) in [4.78, 5) is 13.0. The minimum atomic E-state index is -0.521. The van der Waals surface area contributed by atoms with E-state index < -0.39 is 12.1 Å². The van der Waals surface area contributed by atoms with E-state index in [4.69, 9.17) is 4.74 Å². The van der Waals surface area contributed by atoms with Crippen LogP contribution in [0.4, 0.5) is 4.39 Å². The van der Waals surface area contributed by atoms with Gasteiger partial charge in [-0.3, -0.25) is 0 Å². The summed E-state index contributed by atoms with van der Waals surface area (Å²) < 4.78 is 20.5. The Morgan fingerprint density at radius 1 is 0.931 bits per heavy atom. The summed E-state index contributed by atoms with van der Waals surface area (Å²) in [6.07, 6.45) is 1.16. The number of para-hydroxylation sites is 1. The van der Waals surface area contributed by atoms with Crippen LogP contribution in [-0.4, -0.2) is 15.7 Å². The SMILES string of the molecule is C[C@@H](OC(=O)c1cn(-c2ccccc2)nc1-c1ccccc1)c1ccc(F)cc1. The topological polar surface area (TPSA) is 44.1 Å². The molecule has 0 fully saturated rings. The van der Waals surface area contributed by atoms with Crippen molar-refractivity contribution in [3.05, 3.63) is 108 Å². The lowest BCUT2D eigenvalue weighted by atomic mass is 10.1. The highest BCUT2D eigenvalue weighted by atomic mass is 19.1. The van der Waals surface area contributed by atoms with Gasteiger partial charge in [0.25, 0.3) is 0 Å². The molecule has 0 saturated carbocycles. The lowest BCUT2D eigenvalue weighted by molar-refractivity contribution is 0.0338. The van der Waals surface area contributed by atoms with Crippen LogP contribution in [0.1, 0.15) is 28.9 Å². The van der Waals surface area contributed by atoms with E-state index >= 15 is 0 Å². The number of esters is 1. The molecule has 0 saturated heterocycles. The fourth-order valence-electron chi connectivity index (χ4n) is 3.07. The molecule has 1 aromatic heterocycles. The second kappa shape index (κ2) is 8.10. The zero-order chi connectivity index (χ0) is 20.2. The van der Waals surface area contributed by atoms with Crippen LogP contribution < -0.4 is 0 Å². The first-order chi connectivity index (χ1) is 14.1. The van der Waals surface area contributed by atoms with Crippen molar-refractivity contribution in [2.24, 2.45) is 0 Å². The van der Waals surface area contributed by atoms with Crippen molar-refractivity contribution in [1.29, 1.82) is 0 Å². The van der Waals surface area contributed by atoms with E-state index in [1.165, 1.54) is 12.1 Å². The molecule has 1 heterocycles. The smallest absolute Gasteiger partial charge is 0.342 e. The molecule has 1 atom stereocenters. The minimum Gasteiger partial charge on any atom is -0.454 e. The van der Waals surface area contributed by atoms with Crippen molar-refractivity contribution in [2.75, 3.05) is 0 Å². The minimum absolute atomic E-state index is 0.331. The van der Waals surface area contributed by atoms with Gasteiger partial charge in [0.2, 0.25) is 0 Å². The van der Waals surface area contributed by atoms with E-state index in [1.54, 1.807) is 29.9 Å². The molecule has 4 rings (SSSR count). The monoisotopic (exact) mass is 386 g/mol. The van der Waals surface area contributed by atoms with Crippen LogP contribution in [0.5, 0.6) is 0 Å². The molecule has 0 N–H and O–H groups in total. The molecule has 3 aromatic carbocycles. The lowest BCUT2D eigenvalue weighted by Crippen LogP contribution is -2.09. The van der Waals surface area contributed by atoms with E-state index in [0.29, 0.717) is 11.3 Å². The van der Waals surface area contributed by atoms with Gasteiger partial charge in [-0.2, -0.15) is 5.10 Å². The molecular formula is C24H19FN2O2. The van der Waals surface area contributed by atoms with E-state index in [2.05, 4.69) is 5.10 Å². The van der Waals surface area contributed by atoms with Crippen LogP contribution in [0.3, 0.4) is 0 Å². The van der Waals surface area contributed by atoms with Crippen molar-refractivity contribution in [1.82, 2.24) is 9.78 Å². The number of carbonyl (C=O) groups excluding carboxylic acids is 1. The molecular weight excluding hydrogens is 367 g/mol. The van der Waals surface area contributed by atoms with Crippen molar-refractivity contribution in [3.63, 3.8) is 0 Å². The third-order valence-electron chi connectivity index (χ3n) is 4.63. The predicted molar refractivity (Wildman–Crippen MR) is 109 cm³/mol. The first-order valence-electron chi connectivity index (χ1n) is 9.29. The summed E-state index contributed by atoms with van der Waals surface area (Å²) in [5.74, 6) is -0.814. The Balaban J connectivity index is 1.68. The van der Waals surface area contributed by atoms with Crippen LogP contribution in [-0.2, 0) is 4.74 Å². The summed E-state index contributed by atoms with van der Waals surface area (Å²) in [6.45, 7) is 1.76. The van der Waals surface area contributed by atoms with E-state index in [1.807, 2.05) is 60.7 Å². The van der Waals surface area contributed by atoms with Crippen molar-refractivity contribution in [2.45, 2.75) is 13.0 Å². The Morgan fingerprint density at radius 2 is 1.55 bits per heavy atom. The van der Waals surface area contributed by atoms with Gasteiger partial charge in [-0.25, -0.2) is 13.9 Å². The molecule has 5 heteroatoms. The third-order valence-corrected chi connectivity index (χ3v) is 4.63.